The van der Waals surface area contributed by atoms with Crippen LogP contribution < -0.4 is 10.2 Å². The number of nitro groups is 1. The summed E-state index contributed by atoms with van der Waals surface area (Å²) in [5, 5.41) is 16.8. The fraction of sp³-hybridized carbons (Fsp3) is 0.0526. The predicted molar refractivity (Wildman–Crippen MR) is 119 cm³/mol. The van der Waals surface area contributed by atoms with Crippen LogP contribution in [0, 0.1) is 10.1 Å². The second-order valence-electron chi connectivity index (χ2n) is 5.79. The molecule has 0 unspecified atom stereocenters. The van der Waals surface area contributed by atoms with Crippen molar-refractivity contribution in [1.29, 1.82) is 0 Å². The third-order valence-electron chi connectivity index (χ3n) is 3.82. The van der Waals surface area contributed by atoms with Crippen LogP contribution >= 0.6 is 43.5 Å². The predicted octanol–water partition coefficient (Wildman–Crippen LogP) is 5.46. The highest BCUT2D eigenvalue weighted by molar-refractivity contribution is 9.11. The first kappa shape index (κ1) is 21.2. The van der Waals surface area contributed by atoms with E-state index < -0.39 is 10.8 Å². The molecule has 0 aliphatic carbocycles. The first-order chi connectivity index (χ1) is 13.8. The van der Waals surface area contributed by atoms with Crippen molar-refractivity contribution in [2.24, 2.45) is 5.10 Å². The van der Waals surface area contributed by atoms with Crippen molar-refractivity contribution in [3.63, 3.8) is 0 Å². The van der Waals surface area contributed by atoms with Gasteiger partial charge in [-0.05, 0) is 51.0 Å². The van der Waals surface area contributed by atoms with Crippen molar-refractivity contribution in [3.8, 4) is 5.75 Å². The average Bonchev–Trinajstić information content (AvgIpc) is 2.68. The molecule has 0 radical (unpaired) electrons. The van der Waals surface area contributed by atoms with E-state index in [1.165, 1.54) is 24.4 Å². The van der Waals surface area contributed by atoms with Gasteiger partial charge in [-0.2, -0.15) is 5.10 Å². The third-order valence-corrected chi connectivity index (χ3v) is 5.48. The Morgan fingerprint density at radius 2 is 2.00 bits per heavy atom. The second-order valence-corrected chi connectivity index (χ2v) is 7.90. The highest BCUT2D eigenvalue weighted by Gasteiger charge is 2.10. The number of fused-ring (bicyclic) bond motifs is 1. The lowest BCUT2D eigenvalue weighted by molar-refractivity contribution is -0.384. The first-order valence-corrected chi connectivity index (χ1v) is 10.1. The molecule has 0 spiro atoms. The van der Waals surface area contributed by atoms with Crippen molar-refractivity contribution < 1.29 is 14.5 Å². The average molecular weight is 542 g/mol. The van der Waals surface area contributed by atoms with Crippen LogP contribution in [0.5, 0.6) is 5.75 Å². The summed E-state index contributed by atoms with van der Waals surface area (Å²) < 4.78 is 7.26. The van der Waals surface area contributed by atoms with Gasteiger partial charge in [-0.3, -0.25) is 14.9 Å². The molecule has 1 N–H and O–H groups in total. The normalized spacial score (nSPS) is 11.0. The van der Waals surface area contributed by atoms with Crippen LogP contribution in [0.4, 0.5) is 5.69 Å². The number of rotatable bonds is 6. The van der Waals surface area contributed by atoms with Crippen LogP contribution in [0.1, 0.15) is 5.56 Å². The van der Waals surface area contributed by atoms with E-state index >= 15 is 0 Å². The maximum absolute atomic E-state index is 12.0. The van der Waals surface area contributed by atoms with E-state index in [4.69, 9.17) is 16.3 Å². The number of carbonyl (C=O) groups is 1. The Balaban J connectivity index is 1.62. The number of hydrazone groups is 1. The summed E-state index contributed by atoms with van der Waals surface area (Å²) in [7, 11) is 0. The number of benzene rings is 3. The third kappa shape index (κ3) is 5.31. The zero-order valence-electron chi connectivity index (χ0n) is 14.6. The summed E-state index contributed by atoms with van der Waals surface area (Å²) in [6, 6.07) is 13.4. The quantitative estimate of drug-likeness (QED) is 0.255. The Morgan fingerprint density at radius 1 is 1.21 bits per heavy atom. The molecule has 10 heteroatoms. The Labute approximate surface area is 187 Å². The molecule has 0 aromatic heterocycles. The molecule has 0 bridgehead atoms. The van der Waals surface area contributed by atoms with Crippen molar-refractivity contribution in [3.05, 3.63) is 78.2 Å². The molecule has 0 fully saturated rings. The zero-order chi connectivity index (χ0) is 21.0. The number of nitro benzene ring substituents is 1. The number of hydrogen-bond acceptors (Lipinski definition) is 5. The van der Waals surface area contributed by atoms with Gasteiger partial charge in [0.1, 0.15) is 5.75 Å². The van der Waals surface area contributed by atoms with Gasteiger partial charge in [-0.1, -0.05) is 39.7 Å². The van der Waals surface area contributed by atoms with Crippen molar-refractivity contribution in [2.45, 2.75) is 0 Å². The number of halogens is 3. The number of amides is 1. The minimum absolute atomic E-state index is 0.126. The van der Waals surface area contributed by atoms with Crippen LogP contribution in [0.2, 0.25) is 5.02 Å². The van der Waals surface area contributed by atoms with E-state index in [1.54, 1.807) is 6.07 Å². The van der Waals surface area contributed by atoms with Gasteiger partial charge in [-0.15, -0.1) is 0 Å². The molecular formula is C19H12Br2ClN3O4. The number of nitrogens with one attached hydrogen (secondary N) is 1. The number of nitrogens with zero attached hydrogens (tertiary/aromatic N) is 2. The summed E-state index contributed by atoms with van der Waals surface area (Å²) in [5.74, 6) is 0.0197. The molecule has 0 aliphatic heterocycles. The molecule has 0 saturated carbocycles. The van der Waals surface area contributed by atoms with Gasteiger partial charge in [0.25, 0.3) is 11.6 Å². The molecule has 29 heavy (non-hydrogen) atoms. The van der Waals surface area contributed by atoms with E-state index in [-0.39, 0.29) is 17.3 Å². The minimum atomic E-state index is -0.541. The molecule has 3 aromatic rings. The number of non-ortho nitro benzene ring substituents is 1. The first-order valence-electron chi connectivity index (χ1n) is 8.11. The van der Waals surface area contributed by atoms with Gasteiger partial charge in [0.05, 0.1) is 15.6 Å². The van der Waals surface area contributed by atoms with Crippen molar-refractivity contribution >= 4 is 72.0 Å². The summed E-state index contributed by atoms with van der Waals surface area (Å²) in [4.78, 5) is 22.2. The lowest BCUT2D eigenvalue weighted by atomic mass is 10.1. The molecule has 3 aromatic carbocycles. The molecule has 0 atom stereocenters. The van der Waals surface area contributed by atoms with Crippen LogP contribution in [-0.4, -0.2) is 23.7 Å². The van der Waals surface area contributed by atoms with E-state index in [0.717, 1.165) is 19.7 Å². The number of ether oxygens (including phenoxy) is 1. The standard InChI is InChI=1S/C19H12Br2ClN3O4/c20-13-2-4-15-11(7-13)1-6-17(19(15)21)29-10-18(26)24-23-9-12-8-14(25(27)28)3-5-16(12)22/h1-9H,10H2,(H,24,26)/b23-9+. The van der Waals surface area contributed by atoms with Gasteiger partial charge in [0.15, 0.2) is 6.61 Å². The molecular weight excluding hydrogens is 529 g/mol. The van der Waals surface area contributed by atoms with Crippen LogP contribution in [0.25, 0.3) is 10.8 Å². The van der Waals surface area contributed by atoms with Crippen molar-refractivity contribution in [1.82, 2.24) is 5.43 Å². The molecule has 3 rings (SSSR count). The van der Waals surface area contributed by atoms with Gasteiger partial charge in [-0.25, -0.2) is 5.43 Å². The lowest BCUT2D eigenvalue weighted by Gasteiger charge is -2.10. The molecule has 0 heterocycles. The fourth-order valence-electron chi connectivity index (χ4n) is 2.45. The van der Waals surface area contributed by atoms with E-state index in [1.807, 2.05) is 24.3 Å². The van der Waals surface area contributed by atoms with Crippen molar-refractivity contribution in [2.75, 3.05) is 6.61 Å². The topological polar surface area (TPSA) is 93.8 Å². The monoisotopic (exact) mass is 539 g/mol. The highest BCUT2D eigenvalue weighted by Crippen LogP contribution is 2.34. The van der Waals surface area contributed by atoms with Crippen LogP contribution in [-0.2, 0) is 4.79 Å². The number of carbonyl (C=O) groups excluding carboxylic acids is 1. The summed E-state index contributed by atoms with van der Waals surface area (Å²) in [6.45, 7) is -0.263. The fourth-order valence-corrected chi connectivity index (χ4v) is 3.60. The second kappa shape index (κ2) is 9.34. The summed E-state index contributed by atoms with van der Waals surface area (Å²) in [5.41, 5.74) is 2.48. The molecule has 148 valence electrons. The maximum atomic E-state index is 12.0. The van der Waals surface area contributed by atoms with Gasteiger partial charge in [0, 0.05) is 27.2 Å². The Bertz CT molecular complexity index is 1140. The Hall–Kier alpha value is -2.49. The molecule has 7 nitrogen and oxygen atoms in total. The van der Waals surface area contributed by atoms with Crippen LogP contribution in [0.15, 0.2) is 62.6 Å². The van der Waals surface area contributed by atoms with E-state index in [2.05, 4.69) is 42.4 Å². The molecule has 0 aliphatic rings. The van der Waals surface area contributed by atoms with Gasteiger partial charge >= 0.3 is 0 Å². The minimum Gasteiger partial charge on any atom is -0.483 e. The Kier molecular flexibility index (Phi) is 6.83. The lowest BCUT2D eigenvalue weighted by Crippen LogP contribution is -2.24. The van der Waals surface area contributed by atoms with E-state index in [9.17, 15) is 14.9 Å². The summed E-state index contributed by atoms with van der Waals surface area (Å²) >= 11 is 12.9. The summed E-state index contributed by atoms with van der Waals surface area (Å²) in [6.07, 6.45) is 1.23. The molecule has 1 amide bonds. The van der Waals surface area contributed by atoms with Crippen LogP contribution in [0.3, 0.4) is 0 Å². The smallest absolute Gasteiger partial charge is 0.277 e. The SMILES string of the molecule is O=C(COc1ccc2cc(Br)ccc2c1Br)N/N=C/c1cc([N+](=O)[O-])ccc1Cl. The molecule has 0 saturated heterocycles. The Morgan fingerprint density at radius 3 is 2.76 bits per heavy atom. The van der Waals surface area contributed by atoms with E-state index in [0.29, 0.717) is 11.3 Å². The largest absolute Gasteiger partial charge is 0.483 e. The number of hydrogen-bond donors (Lipinski definition) is 1. The van der Waals surface area contributed by atoms with Gasteiger partial charge < -0.3 is 4.74 Å². The van der Waals surface area contributed by atoms with Gasteiger partial charge in [0.2, 0.25) is 0 Å². The maximum Gasteiger partial charge on any atom is 0.277 e. The highest BCUT2D eigenvalue weighted by atomic mass is 79.9. The zero-order valence-corrected chi connectivity index (χ0v) is 18.5.